The summed E-state index contributed by atoms with van der Waals surface area (Å²) in [5.41, 5.74) is -4.58. The normalized spacial score (nSPS) is 13.4. The lowest BCUT2D eigenvalue weighted by Crippen LogP contribution is -2.41. The Balaban J connectivity index is 2.32. The maximum atomic E-state index is 14.6. The quantitative estimate of drug-likeness (QED) is 0.164. The number of amides is 2. The largest absolute Gasteiger partial charge is 0.432 e. The Morgan fingerprint density at radius 3 is 2.05 bits per heavy atom. The molecule has 2 rings (SSSR count). The summed E-state index contributed by atoms with van der Waals surface area (Å²) in [4.78, 5) is 28.3. The van der Waals surface area contributed by atoms with E-state index in [1.165, 1.54) is 32.0 Å². The van der Waals surface area contributed by atoms with E-state index < -0.39 is 78.7 Å². The van der Waals surface area contributed by atoms with Gasteiger partial charge in [0, 0.05) is 16.7 Å². The number of nitrogens with one attached hydrogen (secondary N) is 2. The molecule has 0 saturated heterocycles. The molecule has 0 spiro atoms. The molecule has 232 valence electrons. The van der Waals surface area contributed by atoms with Gasteiger partial charge in [-0.15, -0.1) is 0 Å². The van der Waals surface area contributed by atoms with Gasteiger partial charge in [-0.1, -0.05) is 18.1 Å². The van der Waals surface area contributed by atoms with Crippen molar-refractivity contribution in [2.75, 3.05) is 13.1 Å². The molecular weight excluding hydrogens is 599 g/mol. The predicted octanol–water partition coefficient (Wildman–Crippen LogP) is 6.85. The smallest absolute Gasteiger partial charge is 0.377 e. The van der Waals surface area contributed by atoms with Crippen LogP contribution in [0.2, 0.25) is 0 Å². The summed E-state index contributed by atoms with van der Waals surface area (Å²) in [6.07, 6.45) is -20.8. The molecule has 0 aliphatic heterocycles. The maximum Gasteiger partial charge on any atom is 0.432 e. The highest BCUT2D eigenvalue weighted by Gasteiger charge is 2.46. The first-order valence-corrected chi connectivity index (χ1v) is 11.8. The molecule has 2 aromatic rings. The average molecular weight is 621 g/mol. The van der Waals surface area contributed by atoms with Gasteiger partial charge in [0.15, 0.2) is 0 Å². The van der Waals surface area contributed by atoms with Crippen LogP contribution in [0, 0.1) is 12.7 Å². The number of aryl methyl sites for hydroxylation is 1. The Kier molecular flexibility index (Phi) is 11.3. The first-order chi connectivity index (χ1) is 19.4. The van der Waals surface area contributed by atoms with E-state index in [9.17, 15) is 57.9 Å². The molecule has 0 fully saturated rings. The zero-order valence-corrected chi connectivity index (χ0v) is 21.6. The van der Waals surface area contributed by atoms with Crippen LogP contribution >= 0.6 is 0 Å². The van der Waals surface area contributed by atoms with Crippen LogP contribution in [0.15, 0.2) is 35.5 Å². The number of hydrogen-bond acceptors (Lipinski definition) is 4. The van der Waals surface area contributed by atoms with Gasteiger partial charge in [-0.25, -0.2) is 22.0 Å². The molecule has 17 heteroatoms. The van der Waals surface area contributed by atoms with E-state index in [1.807, 2.05) is 0 Å². The highest BCUT2D eigenvalue weighted by Crippen LogP contribution is 2.41. The summed E-state index contributed by atoms with van der Waals surface area (Å²) in [6, 6.07) is 3.75. The number of hydrogen-bond donors (Lipinski definition) is 2. The minimum absolute atomic E-state index is 0.0534. The molecule has 1 atom stereocenters. The summed E-state index contributed by atoms with van der Waals surface area (Å²) >= 11 is 0. The minimum Gasteiger partial charge on any atom is -0.377 e. The molecule has 0 aromatic heterocycles. The number of oxime groups is 1. The molecule has 0 bridgehead atoms. The molecule has 1 unspecified atom stereocenters. The summed E-state index contributed by atoms with van der Waals surface area (Å²) in [6.45, 7) is 0.406. The topological polar surface area (TPSA) is 79.8 Å². The van der Waals surface area contributed by atoms with Crippen molar-refractivity contribution in [2.45, 2.75) is 51.6 Å². The average Bonchev–Trinajstić information content (AvgIpc) is 2.87. The van der Waals surface area contributed by atoms with Gasteiger partial charge in [0.1, 0.15) is 12.4 Å². The third kappa shape index (κ3) is 9.30. The minimum atomic E-state index is -5.48. The van der Waals surface area contributed by atoms with Crippen molar-refractivity contribution in [1.29, 1.82) is 0 Å². The molecule has 0 aliphatic rings. The van der Waals surface area contributed by atoms with Crippen LogP contribution in [-0.2, 0) is 9.63 Å². The highest BCUT2D eigenvalue weighted by molar-refractivity contribution is 6.02. The lowest BCUT2D eigenvalue weighted by Gasteiger charge is -2.22. The van der Waals surface area contributed by atoms with E-state index in [4.69, 9.17) is 0 Å². The Morgan fingerprint density at radius 1 is 0.929 bits per heavy atom. The Morgan fingerprint density at radius 2 is 1.55 bits per heavy atom. The molecule has 0 radical (unpaired) electrons. The van der Waals surface area contributed by atoms with E-state index in [1.54, 1.807) is 5.32 Å². The second kappa shape index (κ2) is 13.8. The fourth-order valence-corrected chi connectivity index (χ4v) is 3.52. The van der Waals surface area contributed by atoms with Crippen molar-refractivity contribution in [3.63, 3.8) is 0 Å². The molecule has 0 aliphatic carbocycles. The van der Waals surface area contributed by atoms with Crippen molar-refractivity contribution in [3.05, 3.63) is 69.5 Å². The number of carbonyl (C=O) groups is 2. The predicted molar refractivity (Wildman–Crippen MR) is 126 cm³/mol. The van der Waals surface area contributed by atoms with Crippen LogP contribution in [0.5, 0.6) is 0 Å². The number of nitrogens with zero attached hydrogens (tertiary/aromatic N) is 1. The van der Waals surface area contributed by atoms with Gasteiger partial charge in [-0.05, 0) is 48.7 Å². The van der Waals surface area contributed by atoms with Crippen LogP contribution in [0.25, 0.3) is 0 Å². The van der Waals surface area contributed by atoms with Gasteiger partial charge in [-0.2, -0.15) is 26.3 Å². The summed E-state index contributed by atoms with van der Waals surface area (Å²) < 4.78 is 145. The SMILES string of the molecule is CC/C(=N\OC(c1cc(C(F)F)cc(C(F)F)c1F)C(F)(F)F)c1ccc(C(=O)NCC(=O)NCC(F)(F)F)c(C)c1. The number of benzene rings is 2. The van der Waals surface area contributed by atoms with E-state index >= 15 is 0 Å². The Hall–Kier alpha value is -3.92. The molecule has 42 heavy (non-hydrogen) atoms. The molecule has 0 saturated carbocycles. The van der Waals surface area contributed by atoms with Crippen molar-refractivity contribution in [3.8, 4) is 0 Å². The number of halogens is 11. The van der Waals surface area contributed by atoms with Gasteiger partial charge in [-0.3, -0.25) is 9.59 Å². The van der Waals surface area contributed by atoms with Gasteiger partial charge >= 0.3 is 12.4 Å². The first kappa shape index (κ1) is 34.3. The standard InChI is InChI=1S/C25H22F11N3O3/c1-3-17(12-4-5-14(11(2)6-12)23(41)37-9-18(40)38-10-24(31,32)33)39-42-20(25(34,35)36)15-7-13(21(27)28)8-16(19(15)26)22(29)30/h4-8,20-22H,3,9-10H2,1-2H3,(H,37,41)(H,38,40)/b39-17+. The lowest BCUT2D eigenvalue weighted by atomic mass is 10.00. The molecule has 2 N–H and O–H groups in total. The highest BCUT2D eigenvalue weighted by atomic mass is 19.4. The van der Waals surface area contributed by atoms with Crippen LogP contribution in [-0.4, -0.2) is 43.0 Å². The van der Waals surface area contributed by atoms with Gasteiger partial charge in [0.25, 0.3) is 18.8 Å². The molecule has 2 amide bonds. The molecular formula is C25H22F11N3O3. The van der Waals surface area contributed by atoms with E-state index in [0.29, 0.717) is 0 Å². The second-order valence-corrected chi connectivity index (χ2v) is 8.64. The zero-order chi connectivity index (χ0) is 32.0. The lowest BCUT2D eigenvalue weighted by molar-refractivity contribution is -0.225. The fraction of sp³-hybridized carbons (Fsp3) is 0.400. The second-order valence-electron chi connectivity index (χ2n) is 8.64. The van der Waals surface area contributed by atoms with Gasteiger partial charge < -0.3 is 15.5 Å². The van der Waals surface area contributed by atoms with Crippen molar-refractivity contribution in [2.24, 2.45) is 5.16 Å². The van der Waals surface area contributed by atoms with Crippen LogP contribution in [0.3, 0.4) is 0 Å². The molecule has 2 aromatic carbocycles. The molecule has 6 nitrogen and oxygen atoms in total. The van der Waals surface area contributed by atoms with Crippen LogP contribution in [0.1, 0.15) is 70.5 Å². The molecule has 0 heterocycles. The van der Waals surface area contributed by atoms with Crippen molar-refractivity contribution in [1.82, 2.24) is 10.6 Å². The van der Waals surface area contributed by atoms with Crippen molar-refractivity contribution < 1.29 is 62.7 Å². The maximum absolute atomic E-state index is 14.6. The number of alkyl halides is 10. The Bertz CT molecular complexity index is 1310. The Labute approximate surface area is 230 Å². The van der Waals surface area contributed by atoms with Crippen molar-refractivity contribution >= 4 is 17.5 Å². The summed E-state index contributed by atoms with van der Waals surface area (Å²) in [5, 5.41) is 7.03. The third-order valence-electron chi connectivity index (χ3n) is 5.52. The zero-order valence-electron chi connectivity index (χ0n) is 21.6. The third-order valence-corrected chi connectivity index (χ3v) is 5.52. The first-order valence-electron chi connectivity index (χ1n) is 11.8. The van der Waals surface area contributed by atoms with E-state index in [0.717, 1.165) is 0 Å². The summed E-state index contributed by atoms with van der Waals surface area (Å²) in [5.74, 6) is -4.08. The van der Waals surface area contributed by atoms with Gasteiger partial charge in [0.05, 0.1) is 17.8 Å². The van der Waals surface area contributed by atoms with E-state index in [2.05, 4.69) is 15.3 Å². The number of rotatable bonds is 11. The van der Waals surface area contributed by atoms with Crippen LogP contribution in [0.4, 0.5) is 48.3 Å². The van der Waals surface area contributed by atoms with Crippen LogP contribution < -0.4 is 10.6 Å². The monoisotopic (exact) mass is 621 g/mol. The van der Waals surface area contributed by atoms with Gasteiger partial charge in [0.2, 0.25) is 12.0 Å². The van der Waals surface area contributed by atoms with E-state index in [-0.39, 0.29) is 41.0 Å². The number of carbonyl (C=O) groups excluding carboxylic acids is 2. The summed E-state index contributed by atoms with van der Waals surface area (Å²) in [7, 11) is 0. The fourth-order valence-electron chi connectivity index (χ4n) is 3.52.